The van der Waals surface area contributed by atoms with Gasteiger partial charge in [-0.15, -0.1) is 11.3 Å². The highest BCUT2D eigenvalue weighted by Gasteiger charge is 2.20. The molecule has 2 rings (SSSR count). The topological polar surface area (TPSA) is 88.5 Å². The van der Waals surface area contributed by atoms with Gasteiger partial charge in [-0.25, -0.2) is 9.78 Å². The number of aromatic nitrogens is 1. The smallest absolute Gasteiger partial charge is 0.347 e. The molecule has 1 aromatic heterocycles. The van der Waals surface area contributed by atoms with Crippen molar-refractivity contribution in [1.82, 2.24) is 10.3 Å². The van der Waals surface area contributed by atoms with Crippen LogP contribution in [0.5, 0.6) is 5.75 Å². The van der Waals surface area contributed by atoms with Gasteiger partial charge in [0.05, 0.1) is 24.4 Å². The summed E-state index contributed by atoms with van der Waals surface area (Å²) < 4.78 is 5.16. The van der Waals surface area contributed by atoms with Crippen molar-refractivity contribution in [2.45, 2.75) is 19.9 Å². The molecule has 1 amide bonds. The van der Waals surface area contributed by atoms with Crippen LogP contribution < -0.4 is 10.1 Å². The van der Waals surface area contributed by atoms with Crippen LogP contribution in [0.25, 0.3) is 0 Å². The molecule has 0 spiro atoms. The standard InChI is InChI=1S/C15H16N2O4S/c1-8-12(15(19)20)22-14(17-8)9(2)16-13(18)10-6-4-5-7-11(10)21-3/h4-7,9H,1-3H3,(H,16,18)(H,19,20). The molecule has 0 radical (unpaired) electrons. The van der Waals surface area contributed by atoms with E-state index in [1.54, 1.807) is 38.1 Å². The quantitative estimate of drug-likeness (QED) is 0.884. The van der Waals surface area contributed by atoms with Gasteiger partial charge in [-0.1, -0.05) is 12.1 Å². The summed E-state index contributed by atoms with van der Waals surface area (Å²) in [6.45, 7) is 3.40. The van der Waals surface area contributed by atoms with Crippen LogP contribution in [0.4, 0.5) is 0 Å². The molecule has 1 aromatic carbocycles. The molecule has 2 N–H and O–H groups in total. The summed E-state index contributed by atoms with van der Waals surface area (Å²) in [5.41, 5.74) is 0.870. The summed E-state index contributed by atoms with van der Waals surface area (Å²) in [7, 11) is 1.50. The van der Waals surface area contributed by atoms with Gasteiger partial charge in [-0.05, 0) is 26.0 Å². The molecule has 0 aliphatic heterocycles. The lowest BCUT2D eigenvalue weighted by molar-refractivity contribution is 0.0701. The van der Waals surface area contributed by atoms with E-state index in [1.807, 2.05) is 0 Å². The maximum absolute atomic E-state index is 12.3. The Hall–Kier alpha value is -2.41. The van der Waals surface area contributed by atoms with Gasteiger partial charge in [0.25, 0.3) is 5.91 Å². The van der Waals surface area contributed by atoms with E-state index in [4.69, 9.17) is 9.84 Å². The van der Waals surface area contributed by atoms with Crippen LogP contribution in [0, 0.1) is 6.92 Å². The average molecular weight is 320 g/mol. The maximum Gasteiger partial charge on any atom is 0.347 e. The first-order chi connectivity index (χ1) is 10.4. The van der Waals surface area contributed by atoms with E-state index in [1.165, 1.54) is 7.11 Å². The number of methoxy groups -OCH3 is 1. The van der Waals surface area contributed by atoms with Crippen molar-refractivity contribution in [1.29, 1.82) is 0 Å². The number of benzene rings is 1. The van der Waals surface area contributed by atoms with Crippen molar-refractivity contribution in [3.63, 3.8) is 0 Å². The number of aromatic carboxylic acids is 1. The zero-order chi connectivity index (χ0) is 16.3. The number of aryl methyl sites for hydroxylation is 1. The van der Waals surface area contributed by atoms with Crippen molar-refractivity contribution in [2.75, 3.05) is 7.11 Å². The number of hydrogen-bond donors (Lipinski definition) is 2. The number of carbonyl (C=O) groups excluding carboxylic acids is 1. The van der Waals surface area contributed by atoms with Crippen LogP contribution in [0.2, 0.25) is 0 Å². The predicted octanol–water partition coefficient (Wildman–Crippen LogP) is 2.65. The monoisotopic (exact) mass is 320 g/mol. The second-order valence-electron chi connectivity index (χ2n) is 4.67. The zero-order valence-corrected chi connectivity index (χ0v) is 13.2. The minimum atomic E-state index is -1.01. The van der Waals surface area contributed by atoms with Crippen LogP contribution in [0.3, 0.4) is 0 Å². The number of carboxylic acid groups (broad SMARTS) is 1. The lowest BCUT2D eigenvalue weighted by Crippen LogP contribution is -2.27. The summed E-state index contributed by atoms with van der Waals surface area (Å²) in [5.74, 6) is -0.826. The third-order valence-electron chi connectivity index (χ3n) is 3.08. The van der Waals surface area contributed by atoms with E-state index in [0.717, 1.165) is 11.3 Å². The third kappa shape index (κ3) is 3.25. The molecule has 7 heteroatoms. The van der Waals surface area contributed by atoms with Gasteiger partial charge in [-0.2, -0.15) is 0 Å². The maximum atomic E-state index is 12.3. The first kappa shape index (κ1) is 16.0. The number of nitrogens with one attached hydrogen (secondary N) is 1. The van der Waals surface area contributed by atoms with Crippen molar-refractivity contribution in [3.8, 4) is 5.75 Å². The van der Waals surface area contributed by atoms with Gasteiger partial charge in [0.15, 0.2) is 0 Å². The molecule has 1 atom stereocenters. The van der Waals surface area contributed by atoms with Crippen LogP contribution in [-0.2, 0) is 0 Å². The Labute approximate surface area is 131 Å². The molecule has 1 heterocycles. The Kier molecular flexibility index (Phi) is 4.77. The molecule has 0 fully saturated rings. The molecule has 0 aliphatic rings. The molecule has 6 nitrogen and oxygen atoms in total. The number of ether oxygens (including phenoxy) is 1. The second-order valence-corrected chi connectivity index (χ2v) is 5.70. The van der Waals surface area contributed by atoms with Crippen LogP contribution in [-0.4, -0.2) is 29.1 Å². The molecule has 116 valence electrons. The largest absolute Gasteiger partial charge is 0.496 e. The number of carbonyl (C=O) groups is 2. The average Bonchev–Trinajstić information content (AvgIpc) is 2.89. The minimum Gasteiger partial charge on any atom is -0.496 e. The molecule has 0 bridgehead atoms. The van der Waals surface area contributed by atoms with Crippen LogP contribution in [0.1, 0.15) is 43.7 Å². The van der Waals surface area contributed by atoms with Gasteiger partial charge in [0.2, 0.25) is 0 Å². The van der Waals surface area contributed by atoms with Crippen molar-refractivity contribution < 1.29 is 19.4 Å². The molecular formula is C15H16N2O4S. The number of hydrogen-bond acceptors (Lipinski definition) is 5. The fourth-order valence-electron chi connectivity index (χ4n) is 1.97. The number of thiazole rings is 1. The molecule has 0 aliphatic carbocycles. The van der Waals surface area contributed by atoms with Gasteiger partial charge >= 0.3 is 5.97 Å². The molecule has 0 saturated carbocycles. The van der Waals surface area contributed by atoms with E-state index >= 15 is 0 Å². The Bertz CT molecular complexity index is 711. The molecule has 2 aromatic rings. The number of rotatable bonds is 5. The van der Waals surface area contributed by atoms with E-state index in [0.29, 0.717) is 22.0 Å². The van der Waals surface area contributed by atoms with Gasteiger partial charge in [0, 0.05) is 0 Å². The van der Waals surface area contributed by atoms with E-state index in [-0.39, 0.29) is 10.8 Å². The lowest BCUT2D eigenvalue weighted by atomic mass is 10.2. The van der Waals surface area contributed by atoms with Crippen molar-refractivity contribution >= 4 is 23.2 Å². The number of para-hydroxylation sites is 1. The lowest BCUT2D eigenvalue weighted by Gasteiger charge is -2.13. The van der Waals surface area contributed by atoms with Gasteiger partial charge < -0.3 is 15.2 Å². The van der Waals surface area contributed by atoms with Crippen LogP contribution >= 0.6 is 11.3 Å². The van der Waals surface area contributed by atoms with Gasteiger partial charge in [0.1, 0.15) is 15.6 Å². The van der Waals surface area contributed by atoms with Crippen LogP contribution in [0.15, 0.2) is 24.3 Å². The van der Waals surface area contributed by atoms with E-state index in [9.17, 15) is 9.59 Å². The predicted molar refractivity (Wildman–Crippen MR) is 82.7 cm³/mol. The highest BCUT2D eigenvalue weighted by Crippen LogP contribution is 2.24. The molecule has 0 saturated heterocycles. The Morgan fingerprint density at radius 1 is 1.36 bits per heavy atom. The first-order valence-corrected chi connectivity index (χ1v) is 7.40. The fraction of sp³-hybridized carbons (Fsp3) is 0.267. The second kappa shape index (κ2) is 6.57. The Morgan fingerprint density at radius 2 is 2.05 bits per heavy atom. The highest BCUT2D eigenvalue weighted by molar-refractivity contribution is 7.13. The summed E-state index contributed by atoms with van der Waals surface area (Å²) in [6.07, 6.45) is 0. The van der Waals surface area contributed by atoms with E-state index < -0.39 is 12.0 Å². The van der Waals surface area contributed by atoms with Gasteiger partial charge in [-0.3, -0.25) is 4.79 Å². The Morgan fingerprint density at radius 3 is 2.64 bits per heavy atom. The molecule has 22 heavy (non-hydrogen) atoms. The molecule has 1 unspecified atom stereocenters. The number of carboxylic acids is 1. The van der Waals surface area contributed by atoms with E-state index in [2.05, 4.69) is 10.3 Å². The zero-order valence-electron chi connectivity index (χ0n) is 12.4. The summed E-state index contributed by atoms with van der Waals surface area (Å²) in [5, 5.41) is 12.4. The Balaban J connectivity index is 2.18. The normalized spacial score (nSPS) is 11.8. The van der Waals surface area contributed by atoms with Crippen molar-refractivity contribution in [2.24, 2.45) is 0 Å². The number of amides is 1. The molecular weight excluding hydrogens is 304 g/mol. The summed E-state index contributed by atoms with van der Waals surface area (Å²) in [4.78, 5) is 27.8. The summed E-state index contributed by atoms with van der Waals surface area (Å²) in [6, 6.07) is 6.50. The first-order valence-electron chi connectivity index (χ1n) is 6.58. The summed E-state index contributed by atoms with van der Waals surface area (Å²) >= 11 is 1.07. The SMILES string of the molecule is COc1ccccc1C(=O)NC(C)c1nc(C)c(C(=O)O)s1. The van der Waals surface area contributed by atoms with Crippen molar-refractivity contribution in [3.05, 3.63) is 45.4 Å². The third-order valence-corrected chi connectivity index (χ3v) is 4.41. The minimum absolute atomic E-state index is 0.188. The highest BCUT2D eigenvalue weighted by atomic mass is 32.1. The fourth-order valence-corrected chi connectivity index (χ4v) is 2.88. The number of nitrogens with zero attached hydrogens (tertiary/aromatic N) is 1.